The number of guanidine groups is 1. The molecule has 2 aliphatic heterocycles. The first-order valence-electron chi connectivity index (χ1n) is 11.2. The molecule has 168 valence electrons. The van der Waals surface area contributed by atoms with E-state index in [0.717, 1.165) is 43.9 Å². The minimum atomic E-state index is -0.985. The van der Waals surface area contributed by atoms with Crippen LogP contribution in [-0.4, -0.2) is 60.4 Å². The molecule has 1 N–H and O–H groups in total. The number of hydrogen-bond donors (Lipinski definition) is 1. The first-order chi connectivity index (χ1) is 15.5. The quantitative estimate of drug-likeness (QED) is 0.578. The average Bonchev–Trinajstić information content (AvgIpc) is 2.80. The van der Waals surface area contributed by atoms with E-state index in [4.69, 9.17) is 9.73 Å². The fourth-order valence-electron chi connectivity index (χ4n) is 4.19. The van der Waals surface area contributed by atoms with Gasteiger partial charge in [-0.2, -0.15) is 0 Å². The number of nitrogens with one attached hydrogen (secondary N) is 1. The van der Waals surface area contributed by atoms with E-state index in [9.17, 15) is 9.59 Å². The monoisotopic (exact) mass is 434 g/mol. The first kappa shape index (κ1) is 22.0. The molecule has 0 aliphatic carbocycles. The van der Waals surface area contributed by atoms with E-state index in [1.54, 1.807) is 6.92 Å². The normalized spacial score (nSPS) is 21.6. The second-order valence-corrected chi connectivity index (χ2v) is 8.28. The molecular formula is C25H30N4O3. The highest BCUT2D eigenvalue weighted by atomic mass is 16.5. The van der Waals surface area contributed by atoms with Crippen molar-refractivity contribution in [2.45, 2.75) is 26.4 Å². The summed E-state index contributed by atoms with van der Waals surface area (Å²) in [6, 6.07) is 17.6. The van der Waals surface area contributed by atoms with Gasteiger partial charge in [-0.25, -0.2) is 4.99 Å². The van der Waals surface area contributed by atoms with Gasteiger partial charge in [0.25, 0.3) is 0 Å². The molecule has 2 aromatic rings. The number of hydrogen-bond acceptors (Lipinski definition) is 6. The smallest absolute Gasteiger partial charge is 0.321 e. The molecule has 2 aromatic carbocycles. The lowest BCUT2D eigenvalue weighted by molar-refractivity contribution is -0.153. The molecule has 4 rings (SSSR count). The van der Waals surface area contributed by atoms with Gasteiger partial charge >= 0.3 is 5.97 Å². The van der Waals surface area contributed by atoms with Gasteiger partial charge in [0.1, 0.15) is 6.04 Å². The van der Waals surface area contributed by atoms with Gasteiger partial charge in [-0.3, -0.25) is 19.8 Å². The Bertz CT molecular complexity index is 966. The maximum atomic E-state index is 13.0. The number of aliphatic imine (C=N–C) groups is 1. The van der Waals surface area contributed by atoms with Crippen LogP contribution in [0.3, 0.4) is 0 Å². The van der Waals surface area contributed by atoms with Crippen molar-refractivity contribution >= 4 is 17.8 Å². The highest BCUT2D eigenvalue weighted by Crippen LogP contribution is 2.31. The Morgan fingerprint density at radius 1 is 1.06 bits per heavy atom. The van der Waals surface area contributed by atoms with Crippen LogP contribution in [0.2, 0.25) is 0 Å². The van der Waals surface area contributed by atoms with Crippen molar-refractivity contribution in [1.82, 2.24) is 15.1 Å². The molecule has 0 spiro atoms. The van der Waals surface area contributed by atoms with Crippen LogP contribution in [0.5, 0.6) is 0 Å². The summed E-state index contributed by atoms with van der Waals surface area (Å²) in [5, 5.41) is 2.87. The van der Waals surface area contributed by atoms with Crippen LogP contribution in [0.25, 0.3) is 0 Å². The molecule has 0 aromatic heterocycles. The molecule has 0 bridgehead atoms. The van der Waals surface area contributed by atoms with E-state index in [2.05, 4.69) is 39.4 Å². The molecule has 7 nitrogen and oxygen atoms in total. The number of rotatable bonds is 5. The van der Waals surface area contributed by atoms with Crippen LogP contribution < -0.4 is 5.32 Å². The molecule has 32 heavy (non-hydrogen) atoms. The summed E-state index contributed by atoms with van der Waals surface area (Å²) in [5.74, 6) is -1.34. The number of nitrogens with zero attached hydrogens (tertiary/aromatic N) is 3. The van der Waals surface area contributed by atoms with Crippen LogP contribution >= 0.6 is 0 Å². The highest BCUT2D eigenvalue weighted by molar-refractivity contribution is 6.08. The van der Waals surface area contributed by atoms with Crippen molar-refractivity contribution < 1.29 is 14.3 Å². The van der Waals surface area contributed by atoms with Gasteiger partial charge in [-0.15, -0.1) is 0 Å². The van der Waals surface area contributed by atoms with Crippen LogP contribution in [0.15, 0.2) is 59.6 Å². The maximum absolute atomic E-state index is 13.0. The lowest BCUT2D eigenvalue weighted by Gasteiger charge is -2.39. The van der Waals surface area contributed by atoms with Gasteiger partial charge in [0.15, 0.2) is 5.92 Å². The minimum Gasteiger partial charge on any atom is -0.465 e. The Morgan fingerprint density at radius 2 is 1.75 bits per heavy atom. The third kappa shape index (κ3) is 4.99. The zero-order valence-corrected chi connectivity index (χ0v) is 18.7. The third-order valence-corrected chi connectivity index (χ3v) is 5.97. The summed E-state index contributed by atoms with van der Waals surface area (Å²) < 4.78 is 5.19. The van der Waals surface area contributed by atoms with E-state index in [-0.39, 0.29) is 12.5 Å². The molecule has 0 unspecified atom stereocenters. The summed E-state index contributed by atoms with van der Waals surface area (Å²) in [5.41, 5.74) is 3.24. The van der Waals surface area contributed by atoms with Crippen molar-refractivity contribution in [3.63, 3.8) is 0 Å². The summed E-state index contributed by atoms with van der Waals surface area (Å²) in [7, 11) is 0. The van der Waals surface area contributed by atoms with Crippen LogP contribution in [0.4, 0.5) is 0 Å². The van der Waals surface area contributed by atoms with E-state index in [1.165, 1.54) is 5.56 Å². The van der Waals surface area contributed by atoms with E-state index in [0.29, 0.717) is 5.96 Å². The van der Waals surface area contributed by atoms with Crippen molar-refractivity contribution in [3.8, 4) is 0 Å². The van der Waals surface area contributed by atoms with Gasteiger partial charge in [-0.05, 0) is 25.0 Å². The highest BCUT2D eigenvalue weighted by Gasteiger charge is 2.42. The summed E-state index contributed by atoms with van der Waals surface area (Å²) in [6.07, 6.45) is 0. The number of benzene rings is 2. The fourth-order valence-corrected chi connectivity index (χ4v) is 4.19. The lowest BCUT2D eigenvalue weighted by Crippen LogP contribution is -2.57. The molecule has 0 saturated carbocycles. The molecule has 2 atom stereocenters. The minimum absolute atomic E-state index is 0.225. The molecular weight excluding hydrogens is 404 g/mol. The average molecular weight is 435 g/mol. The van der Waals surface area contributed by atoms with Gasteiger partial charge in [-0.1, -0.05) is 60.2 Å². The van der Waals surface area contributed by atoms with Gasteiger partial charge in [0.05, 0.1) is 6.61 Å². The van der Waals surface area contributed by atoms with Crippen LogP contribution in [-0.2, 0) is 20.9 Å². The Labute approximate surface area is 189 Å². The van der Waals surface area contributed by atoms with Crippen LogP contribution in [0.1, 0.15) is 29.7 Å². The largest absolute Gasteiger partial charge is 0.465 e. The number of aryl methyl sites for hydroxylation is 1. The van der Waals surface area contributed by atoms with E-state index in [1.807, 2.05) is 37.3 Å². The second kappa shape index (κ2) is 9.96. The molecule has 7 heteroatoms. The standard InChI is InChI=1S/C25H30N4O3/c1-3-32-24(31)21-22(20-11-9-18(2)10-12-20)26-25(27-23(21)30)29-15-13-28(14-16-29)17-19-7-5-4-6-8-19/h4-12,21-22H,3,13-17H2,1-2H3,(H,26,27,30)/t21-,22+/m0/s1. The van der Waals surface area contributed by atoms with Gasteiger partial charge in [0, 0.05) is 32.7 Å². The molecule has 2 heterocycles. The topological polar surface area (TPSA) is 74.2 Å². The summed E-state index contributed by atoms with van der Waals surface area (Å²) in [4.78, 5) is 34.9. The predicted octanol–water partition coefficient (Wildman–Crippen LogP) is 2.52. The van der Waals surface area contributed by atoms with Crippen molar-refractivity contribution in [1.29, 1.82) is 0 Å². The molecule has 1 fully saturated rings. The molecule has 2 aliphatic rings. The summed E-state index contributed by atoms with van der Waals surface area (Å²) in [6.45, 7) is 8.15. The van der Waals surface area contributed by atoms with Crippen molar-refractivity contribution in [2.24, 2.45) is 10.9 Å². The predicted molar refractivity (Wildman–Crippen MR) is 123 cm³/mol. The Balaban J connectivity index is 1.51. The number of carbonyl (C=O) groups excluding carboxylic acids is 2. The van der Waals surface area contributed by atoms with E-state index >= 15 is 0 Å². The Kier molecular flexibility index (Phi) is 6.85. The van der Waals surface area contributed by atoms with Crippen molar-refractivity contribution in [2.75, 3.05) is 32.8 Å². The molecule has 1 amide bonds. The zero-order chi connectivity index (χ0) is 22.5. The number of ether oxygens (including phenoxy) is 1. The third-order valence-electron chi connectivity index (χ3n) is 5.97. The number of piperazine rings is 1. The Hall–Kier alpha value is -3.19. The van der Waals surface area contributed by atoms with Crippen molar-refractivity contribution in [3.05, 3.63) is 71.3 Å². The fraction of sp³-hybridized carbons (Fsp3) is 0.400. The SMILES string of the molecule is CCOC(=O)[C@@H]1C(=O)NC(N2CCN(Cc3ccccc3)CC2)=N[C@@H]1c1ccc(C)cc1. The van der Waals surface area contributed by atoms with Gasteiger partial charge in [0.2, 0.25) is 11.9 Å². The van der Waals surface area contributed by atoms with E-state index < -0.39 is 17.9 Å². The first-order valence-corrected chi connectivity index (χ1v) is 11.2. The second-order valence-electron chi connectivity index (χ2n) is 8.28. The van der Waals surface area contributed by atoms with Crippen LogP contribution in [0, 0.1) is 12.8 Å². The molecule has 0 radical (unpaired) electrons. The van der Waals surface area contributed by atoms with Gasteiger partial charge < -0.3 is 9.64 Å². The molecule has 1 saturated heterocycles. The maximum Gasteiger partial charge on any atom is 0.321 e. The summed E-state index contributed by atoms with van der Waals surface area (Å²) >= 11 is 0. The number of amides is 1. The lowest BCUT2D eigenvalue weighted by atomic mass is 9.91. The number of esters is 1. The zero-order valence-electron chi connectivity index (χ0n) is 18.7. The Morgan fingerprint density at radius 3 is 2.41 bits per heavy atom. The number of carbonyl (C=O) groups is 2.